The second-order valence-electron chi connectivity index (χ2n) is 6.61. The standard InChI is InChI=1S/C23H27N3O3S/c1-5-28-19-11-9-16(14-21(19)29-6-2)15(3)25-23(30)26-18-10-12-20(27-4)22-17(18)8-7-13-24-22/h7-15H,5-6H2,1-4H3,(H2,25,26,30). The van der Waals surface area contributed by atoms with E-state index in [1.165, 1.54) is 0 Å². The van der Waals surface area contributed by atoms with Crippen molar-refractivity contribution in [2.24, 2.45) is 0 Å². The van der Waals surface area contributed by atoms with Gasteiger partial charge in [-0.05, 0) is 75.0 Å². The van der Waals surface area contributed by atoms with Gasteiger partial charge in [-0.25, -0.2) is 0 Å². The van der Waals surface area contributed by atoms with E-state index in [4.69, 9.17) is 26.4 Å². The van der Waals surface area contributed by atoms with Crippen molar-refractivity contribution in [2.45, 2.75) is 26.8 Å². The van der Waals surface area contributed by atoms with Crippen LogP contribution in [0.4, 0.5) is 5.69 Å². The number of anilines is 1. The Morgan fingerprint density at radius 2 is 1.77 bits per heavy atom. The molecule has 3 aromatic rings. The Morgan fingerprint density at radius 1 is 1.03 bits per heavy atom. The highest BCUT2D eigenvalue weighted by molar-refractivity contribution is 7.80. The van der Waals surface area contributed by atoms with Gasteiger partial charge >= 0.3 is 0 Å². The molecule has 30 heavy (non-hydrogen) atoms. The number of pyridine rings is 1. The molecule has 0 amide bonds. The molecule has 0 saturated heterocycles. The number of methoxy groups -OCH3 is 1. The van der Waals surface area contributed by atoms with Crippen LogP contribution in [0, 0.1) is 0 Å². The third-order valence-electron chi connectivity index (χ3n) is 4.62. The maximum atomic E-state index is 5.73. The van der Waals surface area contributed by atoms with Crippen molar-refractivity contribution in [2.75, 3.05) is 25.6 Å². The van der Waals surface area contributed by atoms with Gasteiger partial charge in [0, 0.05) is 17.3 Å². The first-order chi connectivity index (χ1) is 14.6. The molecule has 0 radical (unpaired) electrons. The van der Waals surface area contributed by atoms with Gasteiger partial charge in [0.2, 0.25) is 0 Å². The molecule has 1 unspecified atom stereocenters. The van der Waals surface area contributed by atoms with Gasteiger partial charge in [0.15, 0.2) is 16.6 Å². The minimum atomic E-state index is -0.0254. The van der Waals surface area contributed by atoms with Crippen LogP contribution in [0.5, 0.6) is 17.2 Å². The zero-order chi connectivity index (χ0) is 21.5. The van der Waals surface area contributed by atoms with Crippen LogP contribution in [-0.4, -0.2) is 30.4 Å². The van der Waals surface area contributed by atoms with Crippen molar-refractivity contribution in [3.05, 3.63) is 54.2 Å². The van der Waals surface area contributed by atoms with Crippen LogP contribution >= 0.6 is 12.2 Å². The van der Waals surface area contributed by atoms with E-state index in [0.717, 1.165) is 39.4 Å². The number of ether oxygens (including phenoxy) is 3. The number of benzene rings is 2. The van der Waals surface area contributed by atoms with Gasteiger partial charge in [-0.1, -0.05) is 6.07 Å². The Morgan fingerprint density at radius 3 is 2.50 bits per heavy atom. The summed E-state index contributed by atoms with van der Waals surface area (Å²) in [6, 6.07) is 13.6. The van der Waals surface area contributed by atoms with E-state index in [2.05, 4.69) is 15.6 Å². The molecule has 0 aliphatic rings. The molecule has 2 aromatic carbocycles. The molecule has 158 valence electrons. The van der Waals surface area contributed by atoms with Crippen LogP contribution in [0.2, 0.25) is 0 Å². The summed E-state index contributed by atoms with van der Waals surface area (Å²) in [5, 5.41) is 8.06. The van der Waals surface area contributed by atoms with Crippen LogP contribution in [0.1, 0.15) is 32.4 Å². The molecule has 0 aliphatic carbocycles. The Hall–Kier alpha value is -3.06. The molecule has 0 bridgehead atoms. The minimum Gasteiger partial charge on any atom is -0.494 e. The molecule has 0 aliphatic heterocycles. The largest absolute Gasteiger partial charge is 0.494 e. The lowest BCUT2D eigenvalue weighted by Crippen LogP contribution is -2.31. The average Bonchev–Trinajstić information content (AvgIpc) is 2.75. The van der Waals surface area contributed by atoms with Gasteiger partial charge < -0.3 is 24.8 Å². The molecule has 1 heterocycles. The summed E-state index contributed by atoms with van der Waals surface area (Å²) in [6.07, 6.45) is 1.75. The first-order valence-electron chi connectivity index (χ1n) is 9.96. The number of aromatic nitrogens is 1. The molecule has 0 spiro atoms. The average molecular weight is 426 g/mol. The smallest absolute Gasteiger partial charge is 0.171 e. The van der Waals surface area contributed by atoms with Crippen LogP contribution in [0.15, 0.2) is 48.7 Å². The summed E-state index contributed by atoms with van der Waals surface area (Å²) in [6.45, 7) is 7.12. The van der Waals surface area contributed by atoms with Gasteiger partial charge in [0.1, 0.15) is 11.3 Å². The topological polar surface area (TPSA) is 64.6 Å². The van der Waals surface area contributed by atoms with E-state index >= 15 is 0 Å². The highest BCUT2D eigenvalue weighted by Gasteiger charge is 2.13. The van der Waals surface area contributed by atoms with Crippen LogP contribution in [0.25, 0.3) is 10.9 Å². The summed E-state index contributed by atoms with van der Waals surface area (Å²) in [7, 11) is 1.64. The number of nitrogens with zero attached hydrogens (tertiary/aromatic N) is 1. The van der Waals surface area contributed by atoms with E-state index in [9.17, 15) is 0 Å². The number of hydrogen-bond donors (Lipinski definition) is 2. The maximum Gasteiger partial charge on any atom is 0.171 e. The summed E-state index contributed by atoms with van der Waals surface area (Å²) in [4.78, 5) is 4.42. The molecule has 0 saturated carbocycles. The fourth-order valence-electron chi connectivity index (χ4n) is 3.20. The normalized spacial score (nSPS) is 11.6. The Balaban J connectivity index is 1.75. The van der Waals surface area contributed by atoms with Crippen LogP contribution in [0.3, 0.4) is 0 Å². The minimum absolute atomic E-state index is 0.0254. The molecule has 1 aromatic heterocycles. The number of rotatable bonds is 8. The number of nitrogens with one attached hydrogen (secondary N) is 2. The first-order valence-corrected chi connectivity index (χ1v) is 10.4. The number of thiocarbonyl (C=S) groups is 1. The molecule has 2 N–H and O–H groups in total. The maximum absolute atomic E-state index is 5.73. The van der Waals surface area contributed by atoms with Crippen molar-refractivity contribution in [3.63, 3.8) is 0 Å². The third-order valence-corrected chi connectivity index (χ3v) is 4.84. The predicted octanol–water partition coefficient (Wildman–Crippen LogP) is 5.09. The number of fused-ring (bicyclic) bond motifs is 1. The molecule has 6 nitrogen and oxygen atoms in total. The Labute approximate surface area is 182 Å². The fraction of sp³-hybridized carbons (Fsp3) is 0.304. The summed E-state index contributed by atoms with van der Waals surface area (Å²) >= 11 is 5.56. The highest BCUT2D eigenvalue weighted by atomic mass is 32.1. The monoisotopic (exact) mass is 425 g/mol. The van der Waals surface area contributed by atoms with Crippen molar-refractivity contribution < 1.29 is 14.2 Å². The SMILES string of the molecule is CCOc1ccc(C(C)NC(=S)Nc2ccc(OC)c3ncccc23)cc1OCC. The second-order valence-corrected chi connectivity index (χ2v) is 7.02. The van der Waals surface area contributed by atoms with E-state index < -0.39 is 0 Å². The van der Waals surface area contributed by atoms with Crippen molar-refractivity contribution in [3.8, 4) is 17.2 Å². The molecule has 0 fully saturated rings. The third kappa shape index (κ3) is 4.91. The highest BCUT2D eigenvalue weighted by Crippen LogP contribution is 2.32. The second kappa shape index (κ2) is 10.1. The van der Waals surface area contributed by atoms with Crippen LogP contribution < -0.4 is 24.8 Å². The zero-order valence-corrected chi connectivity index (χ0v) is 18.5. The van der Waals surface area contributed by atoms with Crippen molar-refractivity contribution >= 4 is 33.9 Å². The van der Waals surface area contributed by atoms with E-state index in [0.29, 0.717) is 18.3 Å². The first kappa shape index (κ1) is 21.6. The van der Waals surface area contributed by atoms with Gasteiger partial charge in [0.25, 0.3) is 0 Å². The van der Waals surface area contributed by atoms with Gasteiger partial charge in [0.05, 0.1) is 26.4 Å². The quantitative estimate of drug-likeness (QED) is 0.488. The molecular formula is C23H27N3O3S. The van der Waals surface area contributed by atoms with E-state index in [-0.39, 0.29) is 6.04 Å². The summed E-state index contributed by atoms with van der Waals surface area (Å²) < 4.78 is 16.8. The van der Waals surface area contributed by atoms with Gasteiger partial charge in [-0.15, -0.1) is 0 Å². The lowest BCUT2D eigenvalue weighted by molar-refractivity contribution is 0.287. The molecular weight excluding hydrogens is 398 g/mol. The Bertz CT molecular complexity index is 1030. The zero-order valence-electron chi connectivity index (χ0n) is 17.7. The lowest BCUT2D eigenvalue weighted by atomic mass is 10.1. The van der Waals surface area contributed by atoms with Gasteiger partial charge in [-0.2, -0.15) is 0 Å². The van der Waals surface area contributed by atoms with Crippen LogP contribution in [-0.2, 0) is 0 Å². The molecule has 7 heteroatoms. The Kier molecular flexibility index (Phi) is 7.30. The van der Waals surface area contributed by atoms with Crippen molar-refractivity contribution in [1.29, 1.82) is 0 Å². The molecule has 1 atom stereocenters. The predicted molar refractivity (Wildman–Crippen MR) is 125 cm³/mol. The fourth-order valence-corrected chi connectivity index (χ4v) is 3.48. The van der Waals surface area contributed by atoms with E-state index in [1.807, 2.05) is 63.2 Å². The molecule has 3 rings (SSSR count). The van der Waals surface area contributed by atoms with E-state index in [1.54, 1.807) is 13.3 Å². The number of hydrogen-bond acceptors (Lipinski definition) is 5. The van der Waals surface area contributed by atoms with Crippen molar-refractivity contribution in [1.82, 2.24) is 10.3 Å². The lowest BCUT2D eigenvalue weighted by Gasteiger charge is -2.20. The summed E-state index contributed by atoms with van der Waals surface area (Å²) in [5.74, 6) is 2.20. The van der Waals surface area contributed by atoms with Gasteiger partial charge in [-0.3, -0.25) is 4.98 Å². The summed E-state index contributed by atoms with van der Waals surface area (Å²) in [5.41, 5.74) is 2.70.